The normalized spacial score (nSPS) is 11.0. The second kappa shape index (κ2) is 7.73. The number of pyridine rings is 1. The Balaban J connectivity index is 1.89. The van der Waals surface area contributed by atoms with Gasteiger partial charge >= 0.3 is 0 Å². The third-order valence-electron chi connectivity index (χ3n) is 4.41. The van der Waals surface area contributed by atoms with Crippen LogP contribution in [0.3, 0.4) is 0 Å². The Labute approximate surface area is 175 Å². The topological polar surface area (TPSA) is 59.8 Å². The van der Waals surface area contributed by atoms with Crippen LogP contribution in [0.2, 0.25) is 5.02 Å². The molecule has 4 aromatic rings. The third-order valence-corrected chi connectivity index (χ3v) is 5.38. The van der Waals surface area contributed by atoms with Gasteiger partial charge in [-0.05, 0) is 37.3 Å². The minimum absolute atomic E-state index is 0.145. The lowest BCUT2D eigenvalue weighted by Gasteiger charge is -2.13. The van der Waals surface area contributed by atoms with Crippen molar-refractivity contribution in [3.8, 4) is 11.1 Å². The van der Waals surface area contributed by atoms with Crippen LogP contribution in [-0.2, 0) is 6.54 Å². The van der Waals surface area contributed by atoms with E-state index in [0.29, 0.717) is 34.3 Å². The van der Waals surface area contributed by atoms with Crippen LogP contribution in [0.25, 0.3) is 22.2 Å². The van der Waals surface area contributed by atoms with Crippen molar-refractivity contribution in [2.45, 2.75) is 13.5 Å². The van der Waals surface area contributed by atoms with Gasteiger partial charge in [-0.15, -0.1) is 0 Å². The molecule has 0 aliphatic rings. The van der Waals surface area contributed by atoms with Crippen molar-refractivity contribution in [1.29, 1.82) is 0 Å². The molecule has 0 saturated heterocycles. The second-order valence-corrected chi connectivity index (χ2v) is 7.43. The lowest BCUT2D eigenvalue weighted by Crippen LogP contribution is -2.22. The van der Waals surface area contributed by atoms with Crippen LogP contribution in [0.4, 0.5) is 11.6 Å². The molecule has 0 spiro atoms. The minimum Gasteiger partial charge on any atom is -0.324 e. The van der Waals surface area contributed by atoms with Crippen LogP contribution < -0.4 is 10.9 Å². The van der Waals surface area contributed by atoms with Crippen LogP contribution in [0.15, 0.2) is 70.1 Å². The number of aromatic nitrogens is 3. The van der Waals surface area contributed by atoms with Crippen LogP contribution in [0.5, 0.6) is 0 Å². The molecule has 1 N–H and O–H groups in total. The molecule has 0 bridgehead atoms. The standard InChI is InChI=1S/C21H16BrClN4O/c1-2-27-19-13(12-24-21(26-19)25-14-7-4-3-5-8-14)11-15(20(27)28)18-16(22)9-6-10-17(18)23/h3-12H,2H2,1H3,(H,24,25,26). The van der Waals surface area contributed by atoms with Crippen molar-refractivity contribution in [2.75, 3.05) is 5.32 Å². The van der Waals surface area contributed by atoms with E-state index in [-0.39, 0.29) is 5.56 Å². The van der Waals surface area contributed by atoms with Crippen LogP contribution >= 0.6 is 27.5 Å². The van der Waals surface area contributed by atoms with Crippen LogP contribution in [0, 0.1) is 0 Å². The molecule has 0 amide bonds. The van der Waals surface area contributed by atoms with Gasteiger partial charge in [0.2, 0.25) is 5.95 Å². The molecule has 0 radical (unpaired) electrons. The maximum atomic E-state index is 13.2. The predicted molar refractivity (Wildman–Crippen MR) is 117 cm³/mol. The lowest BCUT2D eigenvalue weighted by molar-refractivity contribution is 0.751. The maximum Gasteiger partial charge on any atom is 0.260 e. The number of hydrogen-bond acceptors (Lipinski definition) is 4. The van der Waals surface area contributed by atoms with E-state index in [1.165, 1.54) is 0 Å². The van der Waals surface area contributed by atoms with Gasteiger partial charge in [0.05, 0.1) is 5.56 Å². The molecular formula is C21H16BrClN4O. The van der Waals surface area contributed by atoms with E-state index in [9.17, 15) is 4.79 Å². The fraction of sp³-hybridized carbons (Fsp3) is 0.0952. The second-order valence-electron chi connectivity index (χ2n) is 6.17. The zero-order valence-electron chi connectivity index (χ0n) is 15.0. The SMILES string of the molecule is CCn1c(=O)c(-c2c(Cl)cccc2Br)cc2cnc(Nc3ccccc3)nc21. The molecule has 7 heteroatoms. The Bertz CT molecular complexity index is 1200. The maximum absolute atomic E-state index is 13.2. The summed E-state index contributed by atoms with van der Waals surface area (Å²) in [5.74, 6) is 0.437. The molecule has 0 aliphatic heterocycles. The molecule has 2 heterocycles. The summed E-state index contributed by atoms with van der Waals surface area (Å²) < 4.78 is 2.40. The fourth-order valence-electron chi connectivity index (χ4n) is 3.10. The molecule has 2 aromatic heterocycles. The Morgan fingerprint density at radius 1 is 1.14 bits per heavy atom. The largest absolute Gasteiger partial charge is 0.324 e. The quantitative estimate of drug-likeness (QED) is 0.433. The van der Waals surface area contributed by atoms with E-state index in [2.05, 4.69) is 31.2 Å². The highest BCUT2D eigenvalue weighted by atomic mass is 79.9. The highest BCUT2D eigenvalue weighted by molar-refractivity contribution is 9.10. The number of rotatable bonds is 4. The summed E-state index contributed by atoms with van der Waals surface area (Å²) >= 11 is 9.88. The number of nitrogens with zero attached hydrogens (tertiary/aromatic N) is 3. The van der Waals surface area contributed by atoms with Gasteiger partial charge in [-0.25, -0.2) is 4.98 Å². The number of fused-ring (bicyclic) bond motifs is 1. The van der Waals surface area contributed by atoms with Gasteiger partial charge in [0.15, 0.2) is 0 Å². The molecule has 4 rings (SSSR count). The summed E-state index contributed by atoms with van der Waals surface area (Å²) in [7, 11) is 0. The van der Waals surface area contributed by atoms with Gasteiger partial charge in [0, 0.05) is 38.9 Å². The van der Waals surface area contributed by atoms with Crippen molar-refractivity contribution in [3.63, 3.8) is 0 Å². The fourth-order valence-corrected chi connectivity index (χ4v) is 4.07. The van der Waals surface area contributed by atoms with E-state index >= 15 is 0 Å². The molecule has 0 atom stereocenters. The Kier molecular flexibility index (Phi) is 5.15. The van der Waals surface area contributed by atoms with Crippen molar-refractivity contribution >= 4 is 50.2 Å². The first-order chi connectivity index (χ1) is 13.6. The van der Waals surface area contributed by atoms with Gasteiger partial charge < -0.3 is 5.32 Å². The molecule has 5 nitrogen and oxygen atoms in total. The Hall–Kier alpha value is -2.70. The number of aryl methyl sites for hydroxylation is 1. The minimum atomic E-state index is -0.145. The number of para-hydroxylation sites is 1. The average molecular weight is 456 g/mol. The number of halogens is 2. The molecule has 0 saturated carbocycles. The number of benzene rings is 2. The Morgan fingerprint density at radius 2 is 1.93 bits per heavy atom. The van der Waals surface area contributed by atoms with Gasteiger partial charge in [0.25, 0.3) is 5.56 Å². The Morgan fingerprint density at radius 3 is 2.64 bits per heavy atom. The van der Waals surface area contributed by atoms with E-state index in [0.717, 1.165) is 15.5 Å². The highest BCUT2D eigenvalue weighted by Gasteiger charge is 2.16. The predicted octanol–water partition coefficient (Wildman–Crippen LogP) is 5.64. The molecular weight excluding hydrogens is 440 g/mol. The molecule has 0 aliphatic carbocycles. The first-order valence-corrected chi connectivity index (χ1v) is 9.92. The average Bonchev–Trinajstić information content (AvgIpc) is 2.69. The van der Waals surface area contributed by atoms with Gasteiger partial charge in [0.1, 0.15) is 5.65 Å². The van der Waals surface area contributed by atoms with Crippen LogP contribution in [0.1, 0.15) is 6.92 Å². The number of anilines is 2. The van der Waals surface area contributed by atoms with E-state index in [1.54, 1.807) is 22.9 Å². The van der Waals surface area contributed by atoms with E-state index in [1.807, 2.05) is 49.4 Å². The highest BCUT2D eigenvalue weighted by Crippen LogP contribution is 2.34. The van der Waals surface area contributed by atoms with Crippen molar-refractivity contribution in [1.82, 2.24) is 14.5 Å². The monoisotopic (exact) mass is 454 g/mol. The molecule has 28 heavy (non-hydrogen) atoms. The smallest absolute Gasteiger partial charge is 0.260 e. The van der Waals surface area contributed by atoms with Crippen molar-refractivity contribution in [3.05, 3.63) is 80.6 Å². The van der Waals surface area contributed by atoms with E-state index < -0.39 is 0 Å². The third kappa shape index (κ3) is 3.41. The van der Waals surface area contributed by atoms with Crippen molar-refractivity contribution < 1.29 is 0 Å². The van der Waals surface area contributed by atoms with E-state index in [4.69, 9.17) is 11.6 Å². The van der Waals surface area contributed by atoms with Crippen LogP contribution in [-0.4, -0.2) is 14.5 Å². The first-order valence-electron chi connectivity index (χ1n) is 8.75. The summed E-state index contributed by atoms with van der Waals surface area (Å²) in [6.07, 6.45) is 1.72. The molecule has 2 aromatic carbocycles. The molecule has 140 valence electrons. The summed E-state index contributed by atoms with van der Waals surface area (Å²) in [5.41, 5.74) is 2.49. The molecule has 0 fully saturated rings. The van der Waals surface area contributed by atoms with Gasteiger partial charge in [-0.3, -0.25) is 9.36 Å². The zero-order valence-corrected chi connectivity index (χ0v) is 17.3. The molecule has 0 unspecified atom stereocenters. The summed E-state index contributed by atoms with van der Waals surface area (Å²) in [4.78, 5) is 22.2. The summed E-state index contributed by atoms with van der Waals surface area (Å²) in [5, 5.41) is 4.44. The number of hydrogen-bond donors (Lipinski definition) is 1. The number of nitrogens with one attached hydrogen (secondary N) is 1. The first kappa shape index (κ1) is 18.7. The van der Waals surface area contributed by atoms with Gasteiger partial charge in [-0.2, -0.15) is 4.98 Å². The summed E-state index contributed by atoms with van der Waals surface area (Å²) in [6, 6.07) is 16.9. The van der Waals surface area contributed by atoms with Crippen molar-refractivity contribution in [2.24, 2.45) is 0 Å². The zero-order chi connectivity index (χ0) is 19.7. The summed E-state index contributed by atoms with van der Waals surface area (Å²) in [6.45, 7) is 2.39. The van der Waals surface area contributed by atoms with Gasteiger partial charge in [-0.1, -0.05) is 51.8 Å². The lowest BCUT2D eigenvalue weighted by atomic mass is 10.1.